The van der Waals surface area contributed by atoms with Crippen LogP contribution in [0.1, 0.15) is 25.1 Å². The molecule has 0 spiro atoms. The molecule has 0 saturated carbocycles. The summed E-state index contributed by atoms with van der Waals surface area (Å²) in [7, 11) is 2.14. The molecule has 1 aromatic heterocycles. The second-order valence-electron chi connectivity index (χ2n) is 5.64. The number of likely N-dealkylation sites (N-methyl/N-ethyl adjacent to an activating group) is 1. The van der Waals surface area contributed by atoms with Crippen LogP contribution in [0, 0.1) is 0 Å². The van der Waals surface area contributed by atoms with Gasteiger partial charge in [0.05, 0.1) is 17.6 Å². The zero-order valence-corrected chi connectivity index (χ0v) is 12.7. The second kappa shape index (κ2) is 5.82. The van der Waals surface area contributed by atoms with Crippen molar-refractivity contribution in [1.82, 2.24) is 0 Å². The second-order valence-corrected chi connectivity index (χ2v) is 5.64. The summed E-state index contributed by atoms with van der Waals surface area (Å²) in [5, 5.41) is 0. The van der Waals surface area contributed by atoms with Gasteiger partial charge in [0.1, 0.15) is 11.8 Å². The van der Waals surface area contributed by atoms with Gasteiger partial charge in [-0.1, -0.05) is 19.1 Å². The maximum absolute atomic E-state index is 6.42. The molecule has 112 valence electrons. The molecule has 0 fully saturated rings. The Morgan fingerprint density at radius 3 is 2.57 bits per heavy atom. The maximum atomic E-state index is 6.42. The van der Waals surface area contributed by atoms with Crippen molar-refractivity contribution in [3.63, 3.8) is 0 Å². The number of nitrogens with two attached hydrogens (primary N) is 1. The molecule has 0 bridgehead atoms. The van der Waals surface area contributed by atoms with Crippen LogP contribution in [0.15, 0.2) is 47.1 Å². The molecule has 2 N–H and O–H groups in total. The Bertz CT molecular complexity index is 581. The molecule has 3 rings (SSSR count). The quantitative estimate of drug-likeness (QED) is 0.938. The minimum Gasteiger partial charge on any atom is -0.467 e. The molecular formula is C17H23N3O. The van der Waals surface area contributed by atoms with Gasteiger partial charge >= 0.3 is 0 Å². The summed E-state index contributed by atoms with van der Waals surface area (Å²) in [6.45, 7) is 4.07. The van der Waals surface area contributed by atoms with Gasteiger partial charge in [-0.15, -0.1) is 0 Å². The lowest BCUT2D eigenvalue weighted by Crippen LogP contribution is -2.47. The number of hydrogen-bond acceptors (Lipinski definition) is 4. The monoisotopic (exact) mass is 285 g/mol. The van der Waals surface area contributed by atoms with Crippen LogP contribution >= 0.6 is 0 Å². The van der Waals surface area contributed by atoms with E-state index in [-0.39, 0.29) is 12.1 Å². The average molecular weight is 285 g/mol. The largest absolute Gasteiger partial charge is 0.467 e. The van der Waals surface area contributed by atoms with Crippen LogP contribution in [0.25, 0.3) is 0 Å². The first-order chi connectivity index (χ1) is 10.2. The fraction of sp³-hybridized carbons (Fsp3) is 0.412. The first-order valence-electron chi connectivity index (χ1n) is 7.58. The Hall–Kier alpha value is -1.94. The first-order valence-corrected chi connectivity index (χ1v) is 7.58. The highest BCUT2D eigenvalue weighted by Crippen LogP contribution is 2.38. The molecule has 21 heavy (non-hydrogen) atoms. The van der Waals surface area contributed by atoms with Crippen LogP contribution in [-0.4, -0.2) is 26.2 Å². The summed E-state index contributed by atoms with van der Waals surface area (Å²) in [6, 6.07) is 12.6. The fourth-order valence-corrected chi connectivity index (χ4v) is 3.10. The van der Waals surface area contributed by atoms with Crippen LogP contribution in [0.3, 0.4) is 0 Å². The lowest BCUT2D eigenvalue weighted by molar-refractivity contribution is 0.394. The Morgan fingerprint density at radius 1 is 1.14 bits per heavy atom. The van der Waals surface area contributed by atoms with Gasteiger partial charge in [-0.05, 0) is 30.7 Å². The molecule has 1 aromatic carbocycles. The molecule has 1 aliphatic heterocycles. The van der Waals surface area contributed by atoms with Gasteiger partial charge < -0.3 is 20.0 Å². The summed E-state index contributed by atoms with van der Waals surface area (Å²) in [4.78, 5) is 4.69. The third-order valence-electron chi connectivity index (χ3n) is 4.33. The van der Waals surface area contributed by atoms with Crippen LogP contribution < -0.4 is 15.5 Å². The smallest absolute Gasteiger partial charge is 0.127 e. The standard InChI is InChI=1S/C17H23N3O/c1-3-13(18)17(16-9-6-12-21-16)20-11-10-19(2)14-7-4-5-8-15(14)20/h4-9,12-13,17H,3,10-11,18H2,1-2H3. The molecule has 2 unspecified atom stereocenters. The van der Waals surface area contributed by atoms with Crippen molar-refractivity contribution < 1.29 is 4.42 Å². The predicted octanol–water partition coefficient (Wildman–Crippen LogP) is 3.01. The molecule has 2 atom stereocenters. The number of rotatable bonds is 4. The summed E-state index contributed by atoms with van der Waals surface area (Å²) in [6.07, 6.45) is 2.65. The van der Waals surface area contributed by atoms with Crippen LogP contribution in [0.2, 0.25) is 0 Å². The predicted molar refractivity (Wildman–Crippen MR) is 86.8 cm³/mol. The van der Waals surface area contributed by atoms with E-state index in [4.69, 9.17) is 10.2 Å². The topological polar surface area (TPSA) is 45.6 Å². The van der Waals surface area contributed by atoms with Gasteiger partial charge in [0, 0.05) is 26.2 Å². The summed E-state index contributed by atoms with van der Waals surface area (Å²) in [5.74, 6) is 0.948. The van der Waals surface area contributed by atoms with Crippen molar-refractivity contribution in [3.05, 3.63) is 48.4 Å². The minimum atomic E-state index is 0.0487. The van der Waals surface area contributed by atoms with Gasteiger partial charge in [0.2, 0.25) is 0 Å². The molecule has 4 nitrogen and oxygen atoms in total. The molecule has 2 aromatic rings. The van der Waals surface area contributed by atoms with Crippen molar-refractivity contribution in [2.24, 2.45) is 5.73 Å². The van der Waals surface area contributed by atoms with E-state index in [9.17, 15) is 0 Å². The molecular weight excluding hydrogens is 262 g/mol. The van der Waals surface area contributed by atoms with E-state index in [1.54, 1.807) is 6.26 Å². The zero-order valence-electron chi connectivity index (χ0n) is 12.7. The fourth-order valence-electron chi connectivity index (χ4n) is 3.10. The molecule has 0 radical (unpaired) electrons. The van der Waals surface area contributed by atoms with E-state index in [2.05, 4.69) is 48.0 Å². The summed E-state index contributed by atoms with van der Waals surface area (Å²) < 4.78 is 5.68. The van der Waals surface area contributed by atoms with Gasteiger partial charge in [0.25, 0.3) is 0 Å². The van der Waals surface area contributed by atoms with Gasteiger partial charge in [0.15, 0.2) is 0 Å². The Kier molecular flexibility index (Phi) is 3.88. The van der Waals surface area contributed by atoms with E-state index in [0.29, 0.717) is 0 Å². The number of fused-ring (bicyclic) bond motifs is 1. The van der Waals surface area contributed by atoms with Crippen LogP contribution in [0.5, 0.6) is 0 Å². The number of benzene rings is 1. The van der Waals surface area contributed by atoms with Crippen molar-refractivity contribution in [1.29, 1.82) is 0 Å². The van der Waals surface area contributed by atoms with E-state index in [1.165, 1.54) is 11.4 Å². The van der Waals surface area contributed by atoms with Crippen molar-refractivity contribution >= 4 is 11.4 Å². The zero-order chi connectivity index (χ0) is 14.8. The van der Waals surface area contributed by atoms with Gasteiger partial charge in [-0.3, -0.25) is 0 Å². The Labute approximate surface area is 126 Å². The van der Waals surface area contributed by atoms with E-state index < -0.39 is 0 Å². The van der Waals surface area contributed by atoms with Crippen LogP contribution in [-0.2, 0) is 0 Å². The third kappa shape index (κ3) is 2.51. The lowest BCUT2D eigenvalue weighted by Gasteiger charge is -2.42. The summed E-state index contributed by atoms with van der Waals surface area (Å²) >= 11 is 0. The van der Waals surface area contributed by atoms with Crippen molar-refractivity contribution in [2.45, 2.75) is 25.4 Å². The third-order valence-corrected chi connectivity index (χ3v) is 4.33. The number of furan rings is 1. The number of nitrogens with zero attached hydrogens (tertiary/aromatic N) is 2. The molecule has 1 aliphatic rings. The molecule has 0 amide bonds. The van der Waals surface area contributed by atoms with Gasteiger partial charge in [-0.25, -0.2) is 0 Å². The highest BCUT2D eigenvalue weighted by atomic mass is 16.3. The molecule has 0 aliphatic carbocycles. The maximum Gasteiger partial charge on any atom is 0.127 e. The lowest BCUT2D eigenvalue weighted by atomic mass is 9.99. The molecule has 2 heterocycles. The number of hydrogen-bond donors (Lipinski definition) is 1. The van der Waals surface area contributed by atoms with Crippen LogP contribution in [0.4, 0.5) is 11.4 Å². The minimum absolute atomic E-state index is 0.0487. The van der Waals surface area contributed by atoms with Crippen molar-refractivity contribution in [3.8, 4) is 0 Å². The van der Waals surface area contributed by atoms with E-state index in [1.807, 2.05) is 12.1 Å². The highest BCUT2D eigenvalue weighted by Gasteiger charge is 2.32. The highest BCUT2D eigenvalue weighted by molar-refractivity contribution is 5.73. The Morgan fingerprint density at radius 2 is 1.90 bits per heavy atom. The van der Waals surface area contributed by atoms with Gasteiger partial charge in [-0.2, -0.15) is 0 Å². The molecule has 0 saturated heterocycles. The normalized spacial score (nSPS) is 17.5. The van der Waals surface area contributed by atoms with E-state index >= 15 is 0 Å². The number of para-hydroxylation sites is 2. The average Bonchev–Trinajstić information content (AvgIpc) is 3.04. The molecule has 4 heteroatoms. The first kappa shape index (κ1) is 14.0. The summed E-state index contributed by atoms with van der Waals surface area (Å²) in [5.41, 5.74) is 8.90. The Balaban J connectivity index is 2.03. The van der Waals surface area contributed by atoms with E-state index in [0.717, 1.165) is 25.3 Å². The number of anilines is 2. The SMILES string of the molecule is CCC(N)C(c1ccco1)N1CCN(C)c2ccccc21. The van der Waals surface area contributed by atoms with Crippen molar-refractivity contribution in [2.75, 3.05) is 29.9 Å².